The van der Waals surface area contributed by atoms with E-state index in [9.17, 15) is 4.21 Å². The smallest absolute Gasteiger partial charge is 0.0449 e. The van der Waals surface area contributed by atoms with Gasteiger partial charge in [0.1, 0.15) is 0 Å². The van der Waals surface area contributed by atoms with Crippen molar-refractivity contribution in [1.82, 2.24) is 10.2 Å². The third-order valence-electron chi connectivity index (χ3n) is 4.29. The van der Waals surface area contributed by atoms with Crippen LogP contribution in [0.4, 0.5) is 0 Å². The van der Waals surface area contributed by atoms with Crippen LogP contribution in [-0.4, -0.2) is 46.3 Å². The van der Waals surface area contributed by atoms with Gasteiger partial charge in [0.25, 0.3) is 0 Å². The SMILES string of the molecule is CC1CNC(c2ccccc2)CN1CCC(C)S(C)=O. The summed E-state index contributed by atoms with van der Waals surface area (Å²) < 4.78 is 11.5. The first-order valence-corrected chi connectivity index (χ1v) is 9.04. The monoisotopic (exact) mass is 294 g/mol. The van der Waals surface area contributed by atoms with Crippen molar-refractivity contribution in [2.24, 2.45) is 0 Å². The van der Waals surface area contributed by atoms with Crippen LogP contribution in [0, 0.1) is 0 Å². The number of nitrogens with one attached hydrogen (secondary N) is 1. The first kappa shape index (κ1) is 15.7. The zero-order valence-electron chi connectivity index (χ0n) is 12.7. The van der Waals surface area contributed by atoms with Gasteiger partial charge in [0.2, 0.25) is 0 Å². The fraction of sp³-hybridized carbons (Fsp3) is 0.625. The molecular weight excluding hydrogens is 268 g/mol. The van der Waals surface area contributed by atoms with E-state index in [0.29, 0.717) is 12.1 Å². The van der Waals surface area contributed by atoms with Crippen LogP contribution in [-0.2, 0) is 10.8 Å². The largest absolute Gasteiger partial charge is 0.307 e. The second kappa shape index (κ2) is 7.34. The highest BCUT2D eigenvalue weighted by Crippen LogP contribution is 2.20. The maximum absolute atomic E-state index is 11.5. The van der Waals surface area contributed by atoms with E-state index in [1.165, 1.54) is 5.56 Å². The topological polar surface area (TPSA) is 32.3 Å². The maximum Gasteiger partial charge on any atom is 0.0449 e. The van der Waals surface area contributed by atoms with E-state index < -0.39 is 10.8 Å². The molecule has 20 heavy (non-hydrogen) atoms. The van der Waals surface area contributed by atoms with Gasteiger partial charge >= 0.3 is 0 Å². The number of rotatable bonds is 5. The summed E-state index contributed by atoms with van der Waals surface area (Å²) in [6.45, 7) is 7.43. The van der Waals surface area contributed by atoms with Crippen molar-refractivity contribution in [3.8, 4) is 0 Å². The molecule has 0 amide bonds. The maximum atomic E-state index is 11.5. The van der Waals surface area contributed by atoms with E-state index in [2.05, 4.69) is 54.4 Å². The second-order valence-corrected chi connectivity index (χ2v) is 7.62. The molecule has 4 unspecified atom stereocenters. The van der Waals surface area contributed by atoms with Crippen molar-refractivity contribution in [1.29, 1.82) is 0 Å². The Kier molecular flexibility index (Phi) is 5.75. The van der Waals surface area contributed by atoms with Crippen molar-refractivity contribution in [2.75, 3.05) is 25.9 Å². The molecule has 0 aromatic heterocycles. The average molecular weight is 294 g/mol. The average Bonchev–Trinajstić information content (AvgIpc) is 2.47. The molecule has 1 aliphatic heterocycles. The molecular formula is C16H26N2OS. The molecule has 0 aliphatic carbocycles. The third kappa shape index (κ3) is 4.14. The Labute approximate surface area is 125 Å². The Morgan fingerprint density at radius 3 is 2.75 bits per heavy atom. The lowest BCUT2D eigenvalue weighted by molar-refractivity contribution is 0.140. The number of piperazine rings is 1. The Morgan fingerprint density at radius 2 is 2.10 bits per heavy atom. The molecule has 0 radical (unpaired) electrons. The lowest BCUT2D eigenvalue weighted by Gasteiger charge is -2.39. The predicted octanol–water partition coefficient (Wildman–Crippen LogP) is 2.18. The molecule has 4 heteroatoms. The van der Waals surface area contributed by atoms with Crippen LogP contribution in [0.5, 0.6) is 0 Å². The summed E-state index contributed by atoms with van der Waals surface area (Å²) in [5, 5.41) is 3.91. The Hall–Kier alpha value is -0.710. The number of hydrogen-bond acceptors (Lipinski definition) is 3. The molecule has 0 saturated carbocycles. The normalized spacial score (nSPS) is 27.1. The Bertz CT molecular complexity index is 437. The lowest BCUT2D eigenvalue weighted by atomic mass is 10.0. The zero-order chi connectivity index (χ0) is 14.5. The van der Waals surface area contributed by atoms with Crippen molar-refractivity contribution >= 4 is 10.8 Å². The summed E-state index contributed by atoms with van der Waals surface area (Å²) in [6.07, 6.45) is 2.81. The second-order valence-electron chi connectivity index (χ2n) is 5.81. The highest BCUT2D eigenvalue weighted by molar-refractivity contribution is 7.84. The van der Waals surface area contributed by atoms with Gasteiger partial charge in [0.15, 0.2) is 0 Å². The predicted molar refractivity (Wildman–Crippen MR) is 86.4 cm³/mol. The van der Waals surface area contributed by atoms with Gasteiger partial charge in [-0.05, 0) is 25.5 Å². The van der Waals surface area contributed by atoms with Crippen LogP contribution in [0.2, 0.25) is 0 Å². The molecule has 2 rings (SSSR count). The van der Waals surface area contributed by atoms with Crippen LogP contribution in [0.25, 0.3) is 0 Å². The number of hydrogen-bond donors (Lipinski definition) is 1. The van der Waals surface area contributed by atoms with Gasteiger partial charge in [-0.25, -0.2) is 0 Å². The first-order valence-electron chi connectivity index (χ1n) is 7.42. The molecule has 1 heterocycles. The quantitative estimate of drug-likeness (QED) is 0.903. The minimum Gasteiger partial charge on any atom is -0.307 e. The molecule has 0 bridgehead atoms. The van der Waals surface area contributed by atoms with E-state index in [0.717, 1.165) is 26.1 Å². The molecule has 3 nitrogen and oxygen atoms in total. The van der Waals surface area contributed by atoms with Crippen molar-refractivity contribution in [2.45, 2.75) is 37.6 Å². The highest BCUT2D eigenvalue weighted by Gasteiger charge is 2.25. The van der Waals surface area contributed by atoms with Gasteiger partial charge in [-0.15, -0.1) is 0 Å². The summed E-state index contributed by atoms with van der Waals surface area (Å²) in [5.74, 6) is 0. The first-order chi connectivity index (χ1) is 9.58. The number of nitrogens with zero attached hydrogens (tertiary/aromatic N) is 1. The number of benzene rings is 1. The standard InChI is InChI=1S/C16H26N2OS/c1-13-11-17-16(15-7-5-4-6-8-15)12-18(13)10-9-14(2)20(3)19/h4-8,13-14,16-17H,9-12H2,1-3H3. The van der Waals surface area contributed by atoms with Gasteiger partial charge in [-0.2, -0.15) is 0 Å². The van der Waals surface area contributed by atoms with Crippen LogP contribution >= 0.6 is 0 Å². The Balaban J connectivity index is 1.93. The van der Waals surface area contributed by atoms with Gasteiger partial charge < -0.3 is 5.32 Å². The van der Waals surface area contributed by atoms with Crippen LogP contribution in [0.1, 0.15) is 31.9 Å². The van der Waals surface area contributed by atoms with Crippen LogP contribution < -0.4 is 5.32 Å². The van der Waals surface area contributed by atoms with Crippen LogP contribution in [0.15, 0.2) is 30.3 Å². The molecule has 1 N–H and O–H groups in total. The lowest BCUT2D eigenvalue weighted by Crippen LogP contribution is -2.51. The van der Waals surface area contributed by atoms with Gasteiger partial charge in [-0.3, -0.25) is 9.11 Å². The fourth-order valence-corrected chi connectivity index (χ4v) is 3.09. The molecule has 1 saturated heterocycles. The minimum absolute atomic E-state index is 0.285. The van der Waals surface area contributed by atoms with Gasteiger partial charge in [-0.1, -0.05) is 37.3 Å². The Morgan fingerprint density at radius 1 is 1.40 bits per heavy atom. The van der Waals surface area contributed by atoms with E-state index in [-0.39, 0.29) is 5.25 Å². The van der Waals surface area contributed by atoms with Crippen molar-refractivity contribution in [3.05, 3.63) is 35.9 Å². The van der Waals surface area contributed by atoms with E-state index in [1.807, 2.05) is 0 Å². The van der Waals surface area contributed by atoms with Crippen molar-refractivity contribution in [3.63, 3.8) is 0 Å². The summed E-state index contributed by atoms with van der Waals surface area (Å²) in [6, 6.07) is 11.6. The molecule has 1 aliphatic rings. The summed E-state index contributed by atoms with van der Waals surface area (Å²) in [4.78, 5) is 2.53. The van der Waals surface area contributed by atoms with Crippen molar-refractivity contribution < 1.29 is 4.21 Å². The van der Waals surface area contributed by atoms with E-state index in [1.54, 1.807) is 6.26 Å². The third-order valence-corrected chi connectivity index (χ3v) is 5.66. The summed E-state index contributed by atoms with van der Waals surface area (Å²) in [7, 11) is -0.713. The molecule has 0 spiro atoms. The fourth-order valence-electron chi connectivity index (χ4n) is 2.65. The molecule has 112 valence electrons. The molecule has 1 fully saturated rings. The van der Waals surface area contributed by atoms with Gasteiger partial charge in [0, 0.05) is 47.5 Å². The van der Waals surface area contributed by atoms with E-state index >= 15 is 0 Å². The summed E-state index contributed by atoms with van der Waals surface area (Å²) in [5.41, 5.74) is 1.36. The minimum atomic E-state index is -0.713. The summed E-state index contributed by atoms with van der Waals surface area (Å²) >= 11 is 0. The molecule has 4 atom stereocenters. The zero-order valence-corrected chi connectivity index (χ0v) is 13.5. The molecule has 1 aromatic carbocycles. The van der Waals surface area contributed by atoms with Gasteiger partial charge in [0.05, 0.1) is 0 Å². The van der Waals surface area contributed by atoms with Crippen LogP contribution in [0.3, 0.4) is 0 Å². The molecule has 1 aromatic rings. The highest BCUT2D eigenvalue weighted by atomic mass is 32.2. The van der Waals surface area contributed by atoms with E-state index in [4.69, 9.17) is 0 Å².